The van der Waals surface area contributed by atoms with E-state index < -0.39 is 0 Å². The number of hydrogen-bond acceptors (Lipinski definition) is 1. The van der Waals surface area contributed by atoms with Gasteiger partial charge in [-0.25, -0.2) is 0 Å². The highest BCUT2D eigenvalue weighted by Gasteiger charge is 2.23. The summed E-state index contributed by atoms with van der Waals surface area (Å²) >= 11 is 0. The van der Waals surface area contributed by atoms with Gasteiger partial charge in [0.15, 0.2) is 0 Å². The molecule has 0 saturated heterocycles. The minimum absolute atomic E-state index is 0.398. The van der Waals surface area contributed by atoms with Crippen LogP contribution in [0.5, 0.6) is 0 Å². The number of hydrogen-bond donors (Lipinski definition) is 1. The molecule has 0 bridgehead atoms. The SMILES string of the molecule is CCC(C)(CC)NCCC1CC1. The summed E-state index contributed by atoms with van der Waals surface area (Å²) in [5.74, 6) is 1.07. The smallest absolute Gasteiger partial charge is 0.0148 e. The van der Waals surface area contributed by atoms with Crippen molar-refractivity contribution in [1.29, 1.82) is 0 Å². The highest BCUT2D eigenvalue weighted by molar-refractivity contribution is 4.81. The largest absolute Gasteiger partial charge is 0.312 e. The van der Waals surface area contributed by atoms with Gasteiger partial charge >= 0.3 is 0 Å². The van der Waals surface area contributed by atoms with Gasteiger partial charge in [0.25, 0.3) is 0 Å². The molecule has 1 fully saturated rings. The lowest BCUT2D eigenvalue weighted by atomic mass is 9.95. The van der Waals surface area contributed by atoms with Crippen molar-refractivity contribution in [3.8, 4) is 0 Å². The molecule has 0 aliphatic heterocycles. The molecule has 1 rings (SSSR count). The van der Waals surface area contributed by atoms with Gasteiger partial charge in [-0.15, -0.1) is 0 Å². The van der Waals surface area contributed by atoms with E-state index >= 15 is 0 Å². The van der Waals surface area contributed by atoms with Crippen LogP contribution >= 0.6 is 0 Å². The predicted molar refractivity (Wildman–Crippen MR) is 54.3 cm³/mol. The molecule has 0 heterocycles. The zero-order valence-electron chi connectivity index (χ0n) is 8.82. The zero-order chi connectivity index (χ0) is 9.03. The Balaban J connectivity index is 2.08. The maximum absolute atomic E-state index is 3.67. The van der Waals surface area contributed by atoms with E-state index in [9.17, 15) is 0 Å². The molecule has 1 aliphatic carbocycles. The minimum atomic E-state index is 0.398. The third kappa shape index (κ3) is 3.14. The molecule has 0 aromatic rings. The molecule has 0 aromatic carbocycles. The lowest BCUT2D eigenvalue weighted by molar-refractivity contribution is 0.327. The monoisotopic (exact) mass is 169 g/mol. The molecule has 1 aliphatic rings. The summed E-state index contributed by atoms with van der Waals surface area (Å²) in [6.45, 7) is 8.10. The Labute approximate surface area is 76.9 Å². The van der Waals surface area contributed by atoms with Gasteiger partial charge in [0.1, 0.15) is 0 Å². The van der Waals surface area contributed by atoms with Crippen LogP contribution in [0.2, 0.25) is 0 Å². The van der Waals surface area contributed by atoms with Crippen LogP contribution in [0.15, 0.2) is 0 Å². The second-order valence-electron chi connectivity index (χ2n) is 4.43. The van der Waals surface area contributed by atoms with Crippen LogP contribution in [0, 0.1) is 5.92 Å². The molecular formula is C11H23N. The average molecular weight is 169 g/mol. The van der Waals surface area contributed by atoms with Crippen LogP contribution in [0.4, 0.5) is 0 Å². The van der Waals surface area contributed by atoms with E-state index in [0.29, 0.717) is 5.54 Å². The Morgan fingerprint density at radius 2 is 1.83 bits per heavy atom. The van der Waals surface area contributed by atoms with Gasteiger partial charge in [0.05, 0.1) is 0 Å². The van der Waals surface area contributed by atoms with Gasteiger partial charge in [-0.2, -0.15) is 0 Å². The van der Waals surface area contributed by atoms with Crippen LogP contribution < -0.4 is 5.32 Å². The van der Waals surface area contributed by atoms with Gasteiger partial charge in [-0.05, 0) is 38.6 Å². The fraction of sp³-hybridized carbons (Fsp3) is 1.00. The first-order chi connectivity index (χ1) is 5.70. The standard InChI is InChI=1S/C11H23N/c1-4-11(3,5-2)12-9-8-10-6-7-10/h10,12H,4-9H2,1-3H3. The molecule has 0 spiro atoms. The molecule has 0 amide bonds. The van der Waals surface area contributed by atoms with Crippen molar-refractivity contribution in [1.82, 2.24) is 5.32 Å². The highest BCUT2D eigenvalue weighted by Crippen LogP contribution is 2.32. The van der Waals surface area contributed by atoms with E-state index in [0.717, 1.165) is 5.92 Å². The number of rotatable bonds is 6. The van der Waals surface area contributed by atoms with Crippen molar-refractivity contribution in [3.05, 3.63) is 0 Å². The van der Waals surface area contributed by atoms with Crippen LogP contribution in [0.3, 0.4) is 0 Å². The fourth-order valence-corrected chi connectivity index (χ4v) is 1.48. The van der Waals surface area contributed by atoms with Gasteiger partial charge in [-0.3, -0.25) is 0 Å². The Morgan fingerprint density at radius 3 is 2.25 bits per heavy atom. The lowest BCUT2D eigenvalue weighted by Gasteiger charge is -2.28. The van der Waals surface area contributed by atoms with Gasteiger partial charge in [-0.1, -0.05) is 26.7 Å². The van der Waals surface area contributed by atoms with Crippen molar-refractivity contribution in [2.24, 2.45) is 5.92 Å². The van der Waals surface area contributed by atoms with Crippen LogP contribution in [0.1, 0.15) is 52.9 Å². The summed E-state index contributed by atoms with van der Waals surface area (Å²) in [5, 5.41) is 3.67. The first-order valence-corrected chi connectivity index (χ1v) is 5.45. The molecule has 0 aromatic heterocycles. The summed E-state index contributed by atoms with van der Waals surface area (Å²) in [6, 6.07) is 0. The predicted octanol–water partition coefficient (Wildman–Crippen LogP) is 2.95. The quantitative estimate of drug-likeness (QED) is 0.644. The summed E-state index contributed by atoms with van der Waals surface area (Å²) in [5.41, 5.74) is 0.398. The summed E-state index contributed by atoms with van der Waals surface area (Å²) in [7, 11) is 0. The average Bonchev–Trinajstić information content (AvgIpc) is 2.88. The molecule has 0 unspecified atom stereocenters. The Hall–Kier alpha value is -0.0400. The molecule has 1 saturated carbocycles. The molecule has 0 atom stereocenters. The Morgan fingerprint density at radius 1 is 1.25 bits per heavy atom. The van der Waals surface area contributed by atoms with E-state index in [-0.39, 0.29) is 0 Å². The van der Waals surface area contributed by atoms with E-state index in [1.165, 1.54) is 38.6 Å². The molecule has 12 heavy (non-hydrogen) atoms. The normalized spacial score (nSPS) is 18.2. The van der Waals surface area contributed by atoms with E-state index in [4.69, 9.17) is 0 Å². The van der Waals surface area contributed by atoms with Crippen LogP contribution in [-0.4, -0.2) is 12.1 Å². The molecule has 1 heteroatoms. The molecule has 1 N–H and O–H groups in total. The van der Waals surface area contributed by atoms with Crippen molar-refractivity contribution in [2.75, 3.05) is 6.54 Å². The van der Waals surface area contributed by atoms with Gasteiger partial charge in [0, 0.05) is 5.54 Å². The van der Waals surface area contributed by atoms with Crippen molar-refractivity contribution < 1.29 is 0 Å². The third-order valence-corrected chi connectivity index (χ3v) is 3.36. The molecule has 72 valence electrons. The van der Waals surface area contributed by atoms with Crippen LogP contribution in [-0.2, 0) is 0 Å². The molecule has 0 radical (unpaired) electrons. The van der Waals surface area contributed by atoms with E-state index in [2.05, 4.69) is 26.1 Å². The topological polar surface area (TPSA) is 12.0 Å². The maximum Gasteiger partial charge on any atom is 0.0148 e. The highest BCUT2D eigenvalue weighted by atomic mass is 15.0. The first-order valence-electron chi connectivity index (χ1n) is 5.45. The summed E-state index contributed by atoms with van der Waals surface area (Å²) < 4.78 is 0. The number of nitrogens with one attached hydrogen (secondary N) is 1. The third-order valence-electron chi connectivity index (χ3n) is 3.36. The van der Waals surface area contributed by atoms with E-state index in [1.807, 2.05) is 0 Å². The van der Waals surface area contributed by atoms with Gasteiger partial charge in [0.2, 0.25) is 0 Å². The first kappa shape index (κ1) is 10.0. The second-order valence-corrected chi connectivity index (χ2v) is 4.43. The molecular weight excluding hydrogens is 146 g/mol. The molecule has 1 nitrogen and oxygen atoms in total. The van der Waals surface area contributed by atoms with Crippen molar-refractivity contribution in [3.63, 3.8) is 0 Å². The summed E-state index contributed by atoms with van der Waals surface area (Å²) in [6.07, 6.45) is 6.85. The Bertz CT molecular complexity index is 123. The van der Waals surface area contributed by atoms with E-state index in [1.54, 1.807) is 0 Å². The zero-order valence-corrected chi connectivity index (χ0v) is 8.82. The van der Waals surface area contributed by atoms with Gasteiger partial charge < -0.3 is 5.32 Å². The maximum atomic E-state index is 3.67. The van der Waals surface area contributed by atoms with Crippen LogP contribution in [0.25, 0.3) is 0 Å². The fourth-order valence-electron chi connectivity index (χ4n) is 1.48. The van der Waals surface area contributed by atoms with Crippen molar-refractivity contribution in [2.45, 2.75) is 58.4 Å². The second kappa shape index (κ2) is 4.27. The summed E-state index contributed by atoms with van der Waals surface area (Å²) in [4.78, 5) is 0. The minimum Gasteiger partial charge on any atom is -0.312 e. The lowest BCUT2D eigenvalue weighted by Crippen LogP contribution is -2.41. The van der Waals surface area contributed by atoms with Crippen molar-refractivity contribution >= 4 is 0 Å². The Kier molecular flexibility index (Phi) is 3.57.